The maximum Gasteiger partial charge on any atom is 0.387 e. The molecule has 0 spiro atoms. The van der Waals surface area contributed by atoms with Crippen LogP contribution in [0.4, 0.5) is 8.78 Å². The van der Waals surface area contributed by atoms with Crippen LogP contribution in [0.3, 0.4) is 0 Å². The Balaban J connectivity index is 1.52. The van der Waals surface area contributed by atoms with Gasteiger partial charge in [0, 0.05) is 18.3 Å². The van der Waals surface area contributed by atoms with Gasteiger partial charge in [-0.3, -0.25) is 9.48 Å². The van der Waals surface area contributed by atoms with Gasteiger partial charge in [0.25, 0.3) is 5.91 Å². The molecule has 4 aromatic rings. The average molecular weight is 433 g/mol. The molecule has 162 valence electrons. The highest BCUT2D eigenvalue weighted by atomic mass is 19.3. The van der Waals surface area contributed by atoms with Crippen LogP contribution < -0.4 is 10.1 Å². The first kappa shape index (κ1) is 21.2. The van der Waals surface area contributed by atoms with Crippen molar-refractivity contribution in [3.63, 3.8) is 0 Å². The second kappa shape index (κ2) is 9.87. The number of nitrogens with zero attached hydrogens (tertiary/aromatic N) is 2. The summed E-state index contributed by atoms with van der Waals surface area (Å²) in [5.74, 6) is -0.195. The molecule has 0 fully saturated rings. The highest BCUT2D eigenvalue weighted by Crippen LogP contribution is 2.23. The van der Waals surface area contributed by atoms with Crippen LogP contribution in [0.1, 0.15) is 21.5 Å². The molecular weight excluding hydrogens is 412 g/mol. The van der Waals surface area contributed by atoms with E-state index in [2.05, 4.69) is 15.2 Å². The Bertz CT molecular complexity index is 1160. The van der Waals surface area contributed by atoms with Gasteiger partial charge in [0.2, 0.25) is 0 Å². The molecule has 0 aliphatic carbocycles. The van der Waals surface area contributed by atoms with E-state index in [-0.39, 0.29) is 18.2 Å². The van der Waals surface area contributed by atoms with E-state index in [9.17, 15) is 13.6 Å². The summed E-state index contributed by atoms with van der Waals surface area (Å²) in [7, 11) is 0. The SMILES string of the molecule is O=C(NCc1ccc(OC(F)F)cc1)c1cn(Cc2ccccc2)nc1-c1ccccc1. The first-order valence-electron chi connectivity index (χ1n) is 10.1. The largest absolute Gasteiger partial charge is 0.435 e. The number of ether oxygens (including phenoxy) is 1. The molecule has 5 nitrogen and oxygen atoms in total. The Morgan fingerprint density at radius 1 is 0.906 bits per heavy atom. The summed E-state index contributed by atoms with van der Waals surface area (Å²) in [6.07, 6.45) is 1.74. The zero-order valence-corrected chi connectivity index (χ0v) is 17.1. The van der Waals surface area contributed by atoms with Gasteiger partial charge in [0.1, 0.15) is 11.4 Å². The molecule has 0 unspecified atom stereocenters. The monoisotopic (exact) mass is 433 g/mol. The second-order valence-corrected chi connectivity index (χ2v) is 7.15. The molecule has 1 heterocycles. The number of carbonyl (C=O) groups is 1. The molecule has 0 atom stereocenters. The van der Waals surface area contributed by atoms with Gasteiger partial charge in [-0.05, 0) is 23.3 Å². The van der Waals surface area contributed by atoms with Gasteiger partial charge in [-0.1, -0.05) is 72.8 Å². The zero-order valence-electron chi connectivity index (χ0n) is 17.1. The molecule has 1 N–H and O–H groups in total. The first-order chi connectivity index (χ1) is 15.6. The molecule has 7 heteroatoms. The highest BCUT2D eigenvalue weighted by molar-refractivity contribution is 5.99. The quantitative estimate of drug-likeness (QED) is 0.419. The normalized spacial score (nSPS) is 10.8. The third-order valence-corrected chi connectivity index (χ3v) is 4.84. The van der Waals surface area contributed by atoms with Crippen molar-refractivity contribution in [1.82, 2.24) is 15.1 Å². The number of benzene rings is 3. The van der Waals surface area contributed by atoms with Crippen LogP contribution in [0.15, 0.2) is 91.1 Å². The minimum atomic E-state index is -2.87. The molecular formula is C25H21F2N3O2. The lowest BCUT2D eigenvalue weighted by Gasteiger charge is -2.07. The van der Waals surface area contributed by atoms with Crippen LogP contribution in [-0.2, 0) is 13.1 Å². The summed E-state index contributed by atoms with van der Waals surface area (Å²) in [6, 6.07) is 25.6. The van der Waals surface area contributed by atoms with Crippen molar-refractivity contribution in [2.45, 2.75) is 19.7 Å². The number of rotatable bonds is 8. The molecule has 1 aromatic heterocycles. The fourth-order valence-corrected chi connectivity index (χ4v) is 3.31. The number of aromatic nitrogens is 2. The Morgan fingerprint density at radius 3 is 2.22 bits per heavy atom. The summed E-state index contributed by atoms with van der Waals surface area (Å²) in [6.45, 7) is -2.09. The number of hydrogen-bond acceptors (Lipinski definition) is 3. The molecule has 1 amide bonds. The molecule has 3 aromatic carbocycles. The second-order valence-electron chi connectivity index (χ2n) is 7.15. The van der Waals surface area contributed by atoms with Gasteiger partial charge in [-0.2, -0.15) is 13.9 Å². The average Bonchev–Trinajstić information content (AvgIpc) is 3.23. The van der Waals surface area contributed by atoms with Gasteiger partial charge in [0.05, 0.1) is 12.1 Å². The van der Waals surface area contributed by atoms with Crippen LogP contribution in [0.25, 0.3) is 11.3 Å². The van der Waals surface area contributed by atoms with Gasteiger partial charge in [-0.15, -0.1) is 0 Å². The fourth-order valence-electron chi connectivity index (χ4n) is 3.31. The predicted molar refractivity (Wildman–Crippen MR) is 117 cm³/mol. The maximum absolute atomic E-state index is 13.0. The molecule has 0 radical (unpaired) electrons. The molecule has 0 aliphatic rings. The van der Waals surface area contributed by atoms with E-state index in [0.29, 0.717) is 17.8 Å². The Kier molecular flexibility index (Phi) is 6.55. The summed E-state index contributed by atoms with van der Waals surface area (Å²) in [5.41, 5.74) is 3.74. The maximum atomic E-state index is 13.0. The van der Waals surface area contributed by atoms with E-state index in [0.717, 1.165) is 16.7 Å². The van der Waals surface area contributed by atoms with Crippen molar-refractivity contribution in [2.75, 3.05) is 0 Å². The zero-order chi connectivity index (χ0) is 22.3. The molecule has 32 heavy (non-hydrogen) atoms. The third-order valence-electron chi connectivity index (χ3n) is 4.84. The summed E-state index contributed by atoms with van der Waals surface area (Å²) in [4.78, 5) is 13.0. The van der Waals surface area contributed by atoms with Gasteiger partial charge in [-0.25, -0.2) is 0 Å². The van der Waals surface area contributed by atoms with Crippen LogP contribution >= 0.6 is 0 Å². The van der Waals surface area contributed by atoms with Crippen LogP contribution in [0.5, 0.6) is 5.75 Å². The van der Waals surface area contributed by atoms with Crippen molar-refractivity contribution >= 4 is 5.91 Å². The molecule has 0 aliphatic heterocycles. The van der Waals surface area contributed by atoms with Crippen molar-refractivity contribution in [3.05, 3.63) is 108 Å². The van der Waals surface area contributed by atoms with Gasteiger partial charge >= 0.3 is 6.61 Å². The van der Waals surface area contributed by atoms with E-state index < -0.39 is 6.61 Å². The third kappa shape index (κ3) is 5.37. The first-order valence-corrected chi connectivity index (χ1v) is 10.1. The van der Waals surface area contributed by atoms with Crippen LogP contribution in [0, 0.1) is 0 Å². The van der Waals surface area contributed by atoms with Gasteiger partial charge in [0.15, 0.2) is 0 Å². The lowest BCUT2D eigenvalue weighted by atomic mass is 10.1. The Hall–Kier alpha value is -4.00. The molecule has 0 saturated carbocycles. The van der Waals surface area contributed by atoms with E-state index in [1.165, 1.54) is 12.1 Å². The Labute approximate surface area is 184 Å². The minimum Gasteiger partial charge on any atom is -0.435 e. The standard InChI is InChI=1S/C25H21F2N3O2/c26-25(27)32-21-13-11-18(12-14-21)15-28-24(31)22-17-30(16-19-7-3-1-4-8-19)29-23(22)20-9-5-2-6-10-20/h1-14,17,25H,15-16H2,(H,28,31). The number of halogens is 2. The lowest BCUT2D eigenvalue weighted by Crippen LogP contribution is -2.23. The number of hydrogen-bond donors (Lipinski definition) is 1. The number of amides is 1. The summed E-state index contributed by atoms with van der Waals surface area (Å²) >= 11 is 0. The van der Waals surface area contributed by atoms with Crippen LogP contribution in [-0.4, -0.2) is 22.3 Å². The van der Waals surface area contributed by atoms with Gasteiger partial charge < -0.3 is 10.1 Å². The summed E-state index contributed by atoms with van der Waals surface area (Å²) in [5, 5.41) is 7.54. The fraction of sp³-hybridized carbons (Fsp3) is 0.120. The number of alkyl halides is 2. The van der Waals surface area contributed by atoms with Crippen molar-refractivity contribution in [3.8, 4) is 17.0 Å². The van der Waals surface area contributed by atoms with Crippen molar-refractivity contribution < 1.29 is 18.3 Å². The van der Waals surface area contributed by atoms with E-state index >= 15 is 0 Å². The Morgan fingerprint density at radius 2 is 1.56 bits per heavy atom. The van der Waals surface area contributed by atoms with E-state index in [1.54, 1.807) is 23.0 Å². The highest BCUT2D eigenvalue weighted by Gasteiger charge is 2.18. The van der Waals surface area contributed by atoms with Crippen LogP contribution in [0.2, 0.25) is 0 Å². The summed E-state index contributed by atoms with van der Waals surface area (Å²) < 4.78 is 30.7. The molecule has 0 bridgehead atoms. The minimum absolute atomic E-state index is 0.0728. The van der Waals surface area contributed by atoms with Crippen molar-refractivity contribution in [2.24, 2.45) is 0 Å². The van der Waals surface area contributed by atoms with E-state index in [4.69, 9.17) is 0 Å². The predicted octanol–water partition coefficient (Wildman–Crippen LogP) is 5.13. The number of carbonyl (C=O) groups excluding carboxylic acids is 1. The van der Waals surface area contributed by atoms with E-state index in [1.807, 2.05) is 60.7 Å². The lowest BCUT2D eigenvalue weighted by molar-refractivity contribution is -0.0498. The van der Waals surface area contributed by atoms with Crippen molar-refractivity contribution in [1.29, 1.82) is 0 Å². The molecule has 0 saturated heterocycles. The smallest absolute Gasteiger partial charge is 0.387 e. The topological polar surface area (TPSA) is 56.1 Å². The molecule has 4 rings (SSSR count). The number of nitrogens with one attached hydrogen (secondary N) is 1.